The molecule has 8 heteroatoms. The van der Waals surface area contributed by atoms with Gasteiger partial charge in [0.05, 0.1) is 14.2 Å². The quantitative estimate of drug-likeness (QED) is 0.813. The van der Waals surface area contributed by atoms with E-state index in [1.807, 2.05) is 0 Å². The number of carboxylic acid groups (broad SMARTS) is 1. The van der Waals surface area contributed by atoms with Crippen molar-refractivity contribution in [3.8, 4) is 0 Å². The van der Waals surface area contributed by atoms with E-state index in [9.17, 15) is 14.4 Å². The number of carbonyl (C=O) groups excluding carboxylic acids is 2. The molecule has 0 aliphatic heterocycles. The van der Waals surface area contributed by atoms with Crippen molar-refractivity contribution in [1.82, 2.24) is 4.48 Å². The van der Waals surface area contributed by atoms with Gasteiger partial charge in [0.2, 0.25) is 0 Å². The molecule has 132 valence electrons. The van der Waals surface area contributed by atoms with Gasteiger partial charge in [-0.25, -0.2) is 0 Å². The molecule has 0 heterocycles. The Kier molecular flexibility index (Phi) is 5.92. The first-order valence-corrected chi connectivity index (χ1v) is 7.25. The number of carboxylic acids is 1. The van der Waals surface area contributed by atoms with Crippen molar-refractivity contribution >= 4 is 29.5 Å². The third-order valence-electron chi connectivity index (χ3n) is 3.13. The van der Waals surface area contributed by atoms with E-state index in [1.54, 1.807) is 32.9 Å². The van der Waals surface area contributed by atoms with E-state index in [4.69, 9.17) is 14.6 Å². The summed E-state index contributed by atoms with van der Waals surface area (Å²) in [4.78, 5) is 35.3. The van der Waals surface area contributed by atoms with Crippen molar-refractivity contribution in [2.24, 2.45) is 0 Å². The average molecular weight is 339 g/mol. The van der Waals surface area contributed by atoms with Crippen molar-refractivity contribution in [1.29, 1.82) is 0 Å². The van der Waals surface area contributed by atoms with Crippen molar-refractivity contribution in [2.45, 2.75) is 26.4 Å². The van der Waals surface area contributed by atoms with E-state index in [0.717, 1.165) is 0 Å². The molecule has 0 aliphatic rings. The number of nitrogens with zero attached hydrogens (tertiary/aromatic N) is 1. The third-order valence-corrected chi connectivity index (χ3v) is 3.13. The summed E-state index contributed by atoms with van der Waals surface area (Å²) < 4.78 is 9.26. The fraction of sp³-hybridized carbons (Fsp3) is 0.438. The number of hydrogen-bond donors (Lipinski definition) is 2. The Bertz CT molecular complexity index is 620. The van der Waals surface area contributed by atoms with Gasteiger partial charge in [0.1, 0.15) is 12.1 Å². The number of carbonyl (C=O) groups is 3. The molecule has 1 atom stereocenters. The number of amides is 2. The van der Waals surface area contributed by atoms with E-state index in [0.29, 0.717) is 11.4 Å². The highest BCUT2D eigenvalue weighted by atomic mass is 16.6. The smallest absolute Gasteiger partial charge is 0.480 e. The lowest BCUT2D eigenvalue weighted by Crippen LogP contribution is -2.57. The first-order chi connectivity index (χ1) is 11.0. The van der Waals surface area contributed by atoms with Crippen LogP contribution in [0.1, 0.15) is 20.8 Å². The Morgan fingerprint density at radius 2 is 1.67 bits per heavy atom. The molecule has 0 radical (unpaired) electrons. The van der Waals surface area contributed by atoms with E-state index in [2.05, 4.69) is 5.32 Å². The maximum Gasteiger partial charge on any atom is 0.532 e. The van der Waals surface area contributed by atoms with Crippen molar-refractivity contribution < 1.29 is 29.0 Å². The zero-order valence-corrected chi connectivity index (χ0v) is 14.5. The van der Waals surface area contributed by atoms with Crippen LogP contribution in [0, 0.1) is 0 Å². The largest absolute Gasteiger partial charge is 0.532 e. The summed E-state index contributed by atoms with van der Waals surface area (Å²) in [5, 5.41) is 11.4. The highest BCUT2D eigenvalue weighted by Crippen LogP contribution is 2.27. The van der Waals surface area contributed by atoms with E-state index in [-0.39, 0.29) is 6.54 Å². The minimum absolute atomic E-state index is 0.242. The summed E-state index contributed by atoms with van der Waals surface area (Å²) in [5.74, 6) is -0.997. The number of hydrogen-bond acceptors (Lipinski definition) is 6. The van der Waals surface area contributed by atoms with Crippen LogP contribution < -0.4 is 9.80 Å². The topological polar surface area (TPSA) is 102 Å². The second-order valence-corrected chi connectivity index (χ2v) is 6.25. The fourth-order valence-corrected chi connectivity index (χ4v) is 1.88. The predicted molar refractivity (Wildman–Crippen MR) is 88.9 cm³/mol. The van der Waals surface area contributed by atoms with Crippen LogP contribution >= 0.6 is 0 Å². The molecular weight excluding hydrogens is 316 g/mol. The molecular formula is C16H23N2O6+. The summed E-state index contributed by atoms with van der Waals surface area (Å²) in [6.45, 7) is 4.86. The van der Waals surface area contributed by atoms with Crippen LogP contribution in [0.3, 0.4) is 0 Å². The van der Waals surface area contributed by atoms with E-state index >= 15 is 0 Å². The first kappa shape index (κ1) is 19.4. The molecule has 0 spiro atoms. The molecule has 0 bridgehead atoms. The van der Waals surface area contributed by atoms with Crippen molar-refractivity contribution in [3.63, 3.8) is 0 Å². The molecule has 2 amide bonds. The summed E-state index contributed by atoms with van der Waals surface area (Å²) in [6, 6.07) is 6.21. The van der Waals surface area contributed by atoms with Gasteiger partial charge in [-0.2, -0.15) is 9.59 Å². The molecule has 0 saturated heterocycles. The van der Waals surface area contributed by atoms with Crippen molar-refractivity contribution in [3.05, 3.63) is 24.3 Å². The normalized spacial score (nSPS) is 13.5. The number of nitrogens with one attached hydrogen (secondary N) is 1. The maximum absolute atomic E-state index is 12.5. The van der Waals surface area contributed by atoms with Gasteiger partial charge in [0.25, 0.3) is 0 Å². The molecule has 1 aromatic rings. The van der Waals surface area contributed by atoms with Gasteiger partial charge in [-0.05, 0) is 32.9 Å². The summed E-state index contributed by atoms with van der Waals surface area (Å²) in [6.07, 6.45) is -1.57. The standard InChI is InChI=1S/C16H22N2O6/c1-16(2,3)24-15(22)18(4,14(21)23-5)12-8-6-11(7-9-12)17-10-13(19)20/h6-9,17H,10H2,1-5H3/p+1. The molecule has 0 aromatic heterocycles. The average Bonchev–Trinajstić information content (AvgIpc) is 2.50. The van der Waals surface area contributed by atoms with Gasteiger partial charge >= 0.3 is 18.2 Å². The second-order valence-electron chi connectivity index (χ2n) is 6.25. The summed E-state index contributed by atoms with van der Waals surface area (Å²) in [5.41, 5.74) is 0.104. The minimum atomic E-state index is -0.997. The molecule has 1 unspecified atom stereocenters. The fourth-order valence-electron chi connectivity index (χ4n) is 1.88. The number of quaternary nitrogens is 1. The minimum Gasteiger partial charge on any atom is -0.480 e. The number of rotatable bonds is 4. The monoisotopic (exact) mass is 339 g/mol. The Morgan fingerprint density at radius 1 is 1.12 bits per heavy atom. The van der Waals surface area contributed by atoms with Gasteiger partial charge in [0, 0.05) is 17.8 Å². The van der Waals surface area contributed by atoms with Gasteiger partial charge < -0.3 is 19.9 Å². The van der Waals surface area contributed by atoms with Crippen LogP contribution in [-0.2, 0) is 14.3 Å². The number of methoxy groups -OCH3 is 1. The molecule has 2 N–H and O–H groups in total. The molecule has 1 aromatic carbocycles. The van der Waals surface area contributed by atoms with E-state index < -0.39 is 28.2 Å². The molecule has 0 saturated carbocycles. The van der Waals surface area contributed by atoms with Gasteiger partial charge in [0.15, 0.2) is 5.69 Å². The Labute approximate surface area is 140 Å². The Balaban J connectivity index is 3.14. The first-order valence-electron chi connectivity index (χ1n) is 7.25. The highest BCUT2D eigenvalue weighted by Gasteiger charge is 2.48. The zero-order chi connectivity index (χ0) is 18.5. The Hall–Kier alpha value is -2.61. The zero-order valence-electron chi connectivity index (χ0n) is 14.5. The van der Waals surface area contributed by atoms with Crippen molar-refractivity contribution in [2.75, 3.05) is 26.0 Å². The van der Waals surface area contributed by atoms with Crippen LogP contribution in [0.5, 0.6) is 0 Å². The van der Waals surface area contributed by atoms with Crippen LogP contribution in [0.2, 0.25) is 0 Å². The van der Waals surface area contributed by atoms with Gasteiger partial charge in [-0.3, -0.25) is 4.79 Å². The van der Waals surface area contributed by atoms with Crippen LogP contribution in [0.25, 0.3) is 0 Å². The number of imide groups is 1. The number of aliphatic carboxylic acids is 1. The molecule has 1 rings (SSSR count). The highest BCUT2D eigenvalue weighted by molar-refractivity contribution is 6.02. The van der Waals surface area contributed by atoms with Crippen LogP contribution in [0.15, 0.2) is 24.3 Å². The summed E-state index contributed by atoms with van der Waals surface area (Å²) in [7, 11) is 2.56. The molecule has 24 heavy (non-hydrogen) atoms. The third kappa shape index (κ3) is 4.69. The maximum atomic E-state index is 12.5. The number of benzene rings is 1. The SMILES string of the molecule is COC(=O)[N+](C)(C(=O)OC(C)(C)C)c1ccc(NCC(=O)O)cc1. The predicted octanol–water partition coefficient (Wildman–Crippen LogP) is 2.82. The van der Waals surface area contributed by atoms with Gasteiger partial charge in [-0.1, -0.05) is 4.48 Å². The lowest BCUT2D eigenvalue weighted by molar-refractivity contribution is -0.134. The molecule has 8 nitrogen and oxygen atoms in total. The second kappa shape index (κ2) is 7.31. The Morgan fingerprint density at radius 3 is 2.08 bits per heavy atom. The lowest BCUT2D eigenvalue weighted by Gasteiger charge is -2.29. The van der Waals surface area contributed by atoms with Crippen LogP contribution in [0.4, 0.5) is 21.0 Å². The van der Waals surface area contributed by atoms with Crippen LogP contribution in [-0.4, -0.2) is 49.6 Å². The molecule has 0 fully saturated rings. The molecule has 0 aliphatic carbocycles. The number of ether oxygens (including phenoxy) is 2. The summed E-state index contributed by atoms with van der Waals surface area (Å²) >= 11 is 0. The lowest BCUT2D eigenvalue weighted by atomic mass is 10.2. The van der Waals surface area contributed by atoms with Gasteiger partial charge in [-0.15, -0.1) is 0 Å². The van der Waals surface area contributed by atoms with E-state index in [1.165, 1.54) is 26.3 Å². The number of anilines is 1.